The first-order chi connectivity index (χ1) is 3.81. The summed E-state index contributed by atoms with van der Waals surface area (Å²) in [5, 5.41) is 3.80. The van der Waals surface area contributed by atoms with Crippen LogP contribution < -0.4 is 0 Å². The van der Waals surface area contributed by atoms with E-state index in [1.54, 1.807) is 20.5 Å². The minimum Gasteiger partial charge on any atom is -0.664 e. The molecule has 0 fully saturated rings. The van der Waals surface area contributed by atoms with E-state index in [-0.39, 0.29) is 32.7 Å². The summed E-state index contributed by atoms with van der Waals surface area (Å²) in [7, 11) is 3.40. The van der Waals surface area contributed by atoms with Crippen molar-refractivity contribution >= 4 is 6.41 Å². The maximum atomic E-state index is 9.77. The average Bonchev–Trinajstić information content (AvgIpc) is 1.83. The van der Waals surface area contributed by atoms with Crippen LogP contribution in [0.4, 0.5) is 0 Å². The molecule has 0 heterocycles. The molecule has 1 radical (unpaired) electrons. The van der Waals surface area contributed by atoms with Crippen LogP contribution in [0.25, 0.3) is 5.32 Å². The van der Waals surface area contributed by atoms with E-state index in [0.717, 1.165) is 0 Å². The van der Waals surface area contributed by atoms with E-state index in [0.29, 0.717) is 13.1 Å². The summed E-state index contributed by atoms with van der Waals surface area (Å²) < 4.78 is 0. The van der Waals surface area contributed by atoms with E-state index < -0.39 is 0 Å². The summed E-state index contributed by atoms with van der Waals surface area (Å²) in [6.07, 6.45) is 1.72. The molecule has 0 rings (SSSR count). The van der Waals surface area contributed by atoms with Crippen LogP contribution in [-0.2, 0) is 37.5 Å². The molecule has 0 aliphatic rings. The van der Waals surface area contributed by atoms with Crippen LogP contribution in [0.3, 0.4) is 0 Å². The Morgan fingerprint density at radius 2 is 2.22 bits per heavy atom. The zero-order chi connectivity index (χ0) is 6.41. The van der Waals surface area contributed by atoms with Crippen molar-refractivity contribution in [2.75, 3.05) is 27.2 Å². The first-order valence-electron chi connectivity index (χ1n) is 2.45. The van der Waals surface area contributed by atoms with E-state index in [9.17, 15) is 4.79 Å². The van der Waals surface area contributed by atoms with Gasteiger partial charge in [-0.1, -0.05) is 0 Å². The number of hydrogen-bond donors (Lipinski definition) is 0. The van der Waals surface area contributed by atoms with Crippen molar-refractivity contribution < 1.29 is 37.5 Å². The largest absolute Gasteiger partial charge is 0.664 e. The van der Waals surface area contributed by atoms with E-state index in [1.807, 2.05) is 0 Å². The van der Waals surface area contributed by atoms with Gasteiger partial charge in [-0.05, 0) is 13.6 Å². The molecular weight excluding hydrogens is 193 g/mol. The van der Waals surface area contributed by atoms with Gasteiger partial charge in [0.25, 0.3) is 0 Å². The Morgan fingerprint density at radius 1 is 1.67 bits per heavy atom. The third-order valence-corrected chi connectivity index (χ3v) is 0.815. The smallest absolute Gasteiger partial charge is 0 e. The first-order valence-corrected chi connectivity index (χ1v) is 2.45. The quantitative estimate of drug-likeness (QED) is 0.467. The van der Waals surface area contributed by atoms with E-state index in [2.05, 4.69) is 5.32 Å². The van der Waals surface area contributed by atoms with Gasteiger partial charge in [-0.25, -0.2) is 0 Å². The Morgan fingerprint density at radius 3 is 2.56 bits per heavy atom. The number of rotatable bonds is 4. The van der Waals surface area contributed by atoms with Crippen LogP contribution in [0.2, 0.25) is 0 Å². The topological polar surface area (TPSA) is 34.4 Å². The molecule has 51 valence electrons. The van der Waals surface area contributed by atoms with Crippen molar-refractivity contribution in [3.8, 4) is 0 Å². The van der Waals surface area contributed by atoms with Crippen molar-refractivity contribution in [3.63, 3.8) is 0 Å². The monoisotopic (exact) mass is 203 g/mol. The second kappa shape index (κ2) is 8.53. The fraction of sp³-hybridized carbons (Fsp3) is 0.800. The standard InChI is InChI=1S/C5H10N2O.Y/c1-6-3-4-7(2)5-8;/h3-4H2,1-2H3;/q-2;. The molecule has 0 unspecified atom stereocenters. The maximum Gasteiger partial charge on any atom is 0 e. The number of nitrogens with zero attached hydrogens (tertiary/aromatic N) is 2. The van der Waals surface area contributed by atoms with Crippen LogP contribution in [0.5, 0.6) is 0 Å². The molecule has 0 aliphatic carbocycles. The Balaban J connectivity index is 0. The SMILES string of the molecule is C[N-]CCN(C)[C-]=O.[Y]. The van der Waals surface area contributed by atoms with Crippen molar-refractivity contribution in [1.82, 2.24) is 4.90 Å². The maximum absolute atomic E-state index is 9.77. The second-order valence-electron chi connectivity index (χ2n) is 1.55. The zero-order valence-corrected chi connectivity index (χ0v) is 8.63. The minimum absolute atomic E-state index is 0. The second-order valence-corrected chi connectivity index (χ2v) is 1.55. The van der Waals surface area contributed by atoms with E-state index >= 15 is 0 Å². The summed E-state index contributed by atoms with van der Waals surface area (Å²) >= 11 is 0. The molecule has 0 aromatic rings. The molecule has 9 heavy (non-hydrogen) atoms. The van der Waals surface area contributed by atoms with Crippen molar-refractivity contribution in [3.05, 3.63) is 5.32 Å². The van der Waals surface area contributed by atoms with Gasteiger partial charge in [0.2, 0.25) is 0 Å². The summed E-state index contributed by atoms with van der Waals surface area (Å²) in [5.74, 6) is 0. The third-order valence-electron chi connectivity index (χ3n) is 0.815. The van der Waals surface area contributed by atoms with Crippen molar-refractivity contribution in [2.45, 2.75) is 0 Å². The number of carbonyl (C=O) groups excluding carboxylic acids is 1. The molecule has 0 spiro atoms. The zero-order valence-electron chi connectivity index (χ0n) is 5.79. The minimum atomic E-state index is 0. The van der Waals surface area contributed by atoms with Crippen molar-refractivity contribution in [1.29, 1.82) is 0 Å². The fourth-order valence-corrected chi connectivity index (χ4v) is 0.296. The van der Waals surface area contributed by atoms with Gasteiger partial charge < -0.3 is 15.0 Å². The molecule has 0 saturated carbocycles. The number of amides is 1. The summed E-state index contributed by atoms with van der Waals surface area (Å²) in [6, 6.07) is 0. The van der Waals surface area contributed by atoms with Gasteiger partial charge in [0, 0.05) is 32.7 Å². The van der Waals surface area contributed by atoms with Gasteiger partial charge in [-0.15, -0.1) is 6.54 Å². The van der Waals surface area contributed by atoms with Crippen LogP contribution >= 0.6 is 0 Å². The molecule has 0 aromatic carbocycles. The predicted molar refractivity (Wildman–Crippen MR) is 32.5 cm³/mol. The molecule has 0 atom stereocenters. The fourth-order valence-electron chi connectivity index (χ4n) is 0.296. The molecule has 3 nitrogen and oxygen atoms in total. The van der Waals surface area contributed by atoms with Crippen LogP contribution in [-0.4, -0.2) is 38.5 Å². The normalized spacial score (nSPS) is 7.78. The van der Waals surface area contributed by atoms with Crippen LogP contribution in [0.1, 0.15) is 0 Å². The number of likely N-dealkylation sites (N-methyl/N-ethyl adjacent to an activating group) is 2. The van der Waals surface area contributed by atoms with Crippen LogP contribution in [0.15, 0.2) is 0 Å². The van der Waals surface area contributed by atoms with Gasteiger partial charge in [0.05, 0.1) is 0 Å². The Hall–Kier alpha value is 0.534. The Bertz CT molecular complexity index is 70.0. The summed E-state index contributed by atoms with van der Waals surface area (Å²) in [6.45, 7) is 1.37. The molecule has 0 saturated heterocycles. The van der Waals surface area contributed by atoms with E-state index in [4.69, 9.17) is 0 Å². The Labute approximate surface area is 81.1 Å². The summed E-state index contributed by atoms with van der Waals surface area (Å²) in [4.78, 5) is 11.2. The molecular formula is C5H10N2OY-2. The predicted octanol–water partition coefficient (Wildman–Crippen LogP) is -0.0136. The molecule has 0 N–H and O–H groups in total. The van der Waals surface area contributed by atoms with Gasteiger partial charge in [-0.2, -0.15) is 13.5 Å². The molecule has 0 aliphatic heterocycles. The first kappa shape index (κ1) is 12.2. The third kappa shape index (κ3) is 8.53. The van der Waals surface area contributed by atoms with Gasteiger partial charge in [0.15, 0.2) is 0 Å². The van der Waals surface area contributed by atoms with Crippen LogP contribution in [0, 0.1) is 0 Å². The molecule has 0 aromatic heterocycles. The van der Waals surface area contributed by atoms with E-state index in [1.165, 1.54) is 4.90 Å². The average molecular weight is 203 g/mol. The number of hydrogen-bond acceptors (Lipinski definition) is 1. The van der Waals surface area contributed by atoms with Gasteiger partial charge in [0.1, 0.15) is 0 Å². The molecule has 4 heteroatoms. The van der Waals surface area contributed by atoms with Crippen molar-refractivity contribution in [2.24, 2.45) is 0 Å². The Kier molecular flexibility index (Phi) is 11.6. The van der Waals surface area contributed by atoms with Gasteiger partial charge >= 0.3 is 0 Å². The summed E-state index contributed by atoms with van der Waals surface area (Å²) in [5.41, 5.74) is 0. The molecule has 0 bridgehead atoms. The molecule has 1 amide bonds. The van der Waals surface area contributed by atoms with Gasteiger partial charge in [-0.3, -0.25) is 0 Å².